The summed E-state index contributed by atoms with van der Waals surface area (Å²) in [6.45, 7) is 2.29. The minimum absolute atomic E-state index is 0.0856. The molecule has 0 aliphatic carbocycles. The van der Waals surface area contributed by atoms with Crippen LogP contribution >= 0.6 is 11.8 Å². The fourth-order valence-electron chi connectivity index (χ4n) is 1.58. The van der Waals surface area contributed by atoms with Gasteiger partial charge in [0.1, 0.15) is 0 Å². The molecule has 0 amide bonds. The normalized spacial score (nSPS) is 35.1. The average Bonchev–Trinajstić information content (AvgIpc) is 2.52. The molecule has 2 aliphatic heterocycles. The molecule has 0 radical (unpaired) electrons. The SMILES string of the molecule is CC(=O)OC1NCN2CSCC12. The van der Waals surface area contributed by atoms with Crippen molar-refractivity contribution in [2.24, 2.45) is 0 Å². The Hall–Kier alpha value is -0.260. The van der Waals surface area contributed by atoms with Crippen molar-refractivity contribution in [1.82, 2.24) is 10.2 Å². The number of nitrogens with one attached hydrogen (secondary N) is 1. The second-order valence-corrected chi connectivity index (χ2v) is 4.05. The van der Waals surface area contributed by atoms with Gasteiger partial charge in [-0.3, -0.25) is 15.0 Å². The monoisotopic (exact) mass is 188 g/mol. The Balaban J connectivity index is 1.95. The molecule has 4 nitrogen and oxygen atoms in total. The van der Waals surface area contributed by atoms with Crippen LogP contribution in [-0.2, 0) is 9.53 Å². The zero-order valence-electron chi connectivity index (χ0n) is 6.95. The summed E-state index contributed by atoms with van der Waals surface area (Å²) in [6, 6.07) is 0.388. The molecule has 2 fully saturated rings. The maximum Gasteiger partial charge on any atom is 0.304 e. The Morgan fingerprint density at radius 3 is 3.33 bits per heavy atom. The third-order valence-electron chi connectivity index (χ3n) is 2.15. The lowest BCUT2D eigenvalue weighted by Crippen LogP contribution is -2.37. The van der Waals surface area contributed by atoms with Gasteiger partial charge in [0.05, 0.1) is 12.7 Å². The van der Waals surface area contributed by atoms with Crippen LogP contribution < -0.4 is 5.32 Å². The minimum atomic E-state index is -0.203. The van der Waals surface area contributed by atoms with Crippen LogP contribution in [0.3, 0.4) is 0 Å². The molecule has 2 atom stereocenters. The molecule has 0 aromatic heterocycles. The second-order valence-electron chi connectivity index (χ2n) is 3.05. The molecule has 2 aliphatic rings. The molecular weight excluding hydrogens is 176 g/mol. The van der Waals surface area contributed by atoms with Crippen molar-refractivity contribution < 1.29 is 9.53 Å². The van der Waals surface area contributed by atoms with Crippen LogP contribution in [0.1, 0.15) is 6.92 Å². The van der Waals surface area contributed by atoms with Gasteiger partial charge >= 0.3 is 5.97 Å². The fraction of sp³-hybridized carbons (Fsp3) is 0.857. The van der Waals surface area contributed by atoms with Crippen LogP contribution in [0.5, 0.6) is 0 Å². The first kappa shape index (κ1) is 8.34. The van der Waals surface area contributed by atoms with E-state index in [-0.39, 0.29) is 12.2 Å². The van der Waals surface area contributed by atoms with Gasteiger partial charge in [0.25, 0.3) is 0 Å². The van der Waals surface area contributed by atoms with Crippen molar-refractivity contribution in [1.29, 1.82) is 0 Å². The van der Waals surface area contributed by atoms with E-state index in [2.05, 4.69) is 10.2 Å². The standard InChI is InChI=1S/C7H12N2O2S/c1-5(10)11-7-6-2-12-4-9(6)3-8-7/h6-8H,2-4H2,1H3. The van der Waals surface area contributed by atoms with Crippen molar-refractivity contribution in [2.75, 3.05) is 18.3 Å². The van der Waals surface area contributed by atoms with Crippen molar-refractivity contribution in [2.45, 2.75) is 19.2 Å². The zero-order valence-corrected chi connectivity index (χ0v) is 7.76. The molecule has 2 rings (SSSR count). The minimum Gasteiger partial charge on any atom is -0.445 e. The molecule has 68 valence electrons. The van der Waals surface area contributed by atoms with Crippen molar-refractivity contribution in [3.63, 3.8) is 0 Å². The van der Waals surface area contributed by atoms with E-state index >= 15 is 0 Å². The molecule has 0 bridgehead atoms. The van der Waals surface area contributed by atoms with Gasteiger partial charge in [0.15, 0.2) is 6.23 Å². The lowest BCUT2D eigenvalue weighted by molar-refractivity contribution is -0.148. The Morgan fingerprint density at radius 2 is 2.58 bits per heavy atom. The fourth-order valence-corrected chi connectivity index (χ4v) is 2.83. The molecule has 2 saturated heterocycles. The van der Waals surface area contributed by atoms with Crippen LogP contribution in [0, 0.1) is 0 Å². The second kappa shape index (κ2) is 3.24. The highest BCUT2D eigenvalue weighted by atomic mass is 32.2. The number of hydrogen-bond acceptors (Lipinski definition) is 5. The van der Waals surface area contributed by atoms with Gasteiger partial charge in [-0.25, -0.2) is 0 Å². The Labute approximate surface area is 75.6 Å². The van der Waals surface area contributed by atoms with Gasteiger partial charge in [0.2, 0.25) is 0 Å². The van der Waals surface area contributed by atoms with Crippen molar-refractivity contribution in [3.8, 4) is 0 Å². The molecule has 12 heavy (non-hydrogen) atoms. The predicted octanol–water partition coefficient (Wildman–Crippen LogP) is -0.189. The van der Waals surface area contributed by atoms with E-state index in [1.165, 1.54) is 6.92 Å². The highest BCUT2D eigenvalue weighted by Gasteiger charge is 2.39. The van der Waals surface area contributed by atoms with Crippen molar-refractivity contribution >= 4 is 17.7 Å². The summed E-state index contributed by atoms with van der Waals surface area (Å²) in [5.74, 6) is 1.91. The number of nitrogens with zero attached hydrogens (tertiary/aromatic N) is 1. The van der Waals surface area contributed by atoms with Gasteiger partial charge < -0.3 is 4.74 Å². The highest BCUT2D eigenvalue weighted by Crippen LogP contribution is 2.26. The van der Waals surface area contributed by atoms with Crippen LogP contribution in [-0.4, -0.2) is 41.4 Å². The average molecular weight is 188 g/mol. The first-order valence-electron chi connectivity index (χ1n) is 4.00. The Bertz CT molecular complexity index is 200. The maximum absolute atomic E-state index is 10.7. The van der Waals surface area contributed by atoms with Gasteiger partial charge in [-0.1, -0.05) is 0 Å². The summed E-state index contributed by atoms with van der Waals surface area (Å²) in [5, 5.41) is 3.16. The number of carbonyl (C=O) groups excluding carboxylic acids is 1. The first-order valence-corrected chi connectivity index (χ1v) is 5.15. The maximum atomic E-state index is 10.7. The molecule has 0 aromatic rings. The number of fused-ring (bicyclic) bond motifs is 1. The molecule has 2 unspecified atom stereocenters. The zero-order chi connectivity index (χ0) is 8.55. The van der Waals surface area contributed by atoms with E-state index in [1.54, 1.807) is 0 Å². The van der Waals surface area contributed by atoms with Crippen molar-refractivity contribution in [3.05, 3.63) is 0 Å². The number of thioether (sulfide) groups is 1. The molecule has 0 saturated carbocycles. The number of carbonyl (C=O) groups is 1. The molecule has 0 aromatic carbocycles. The summed E-state index contributed by atoms with van der Waals surface area (Å²) >= 11 is 1.89. The largest absolute Gasteiger partial charge is 0.445 e. The topological polar surface area (TPSA) is 41.6 Å². The Kier molecular flexibility index (Phi) is 2.25. The van der Waals surface area contributed by atoms with Gasteiger partial charge in [-0.15, -0.1) is 11.8 Å². The molecule has 5 heteroatoms. The number of ether oxygens (including phenoxy) is 1. The highest BCUT2D eigenvalue weighted by molar-refractivity contribution is 7.99. The van der Waals surface area contributed by atoms with E-state index in [1.807, 2.05) is 11.8 Å². The molecular formula is C7H12N2O2S. The number of hydrogen-bond donors (Lipinski definition) is 1. The smallest absolute Gasteiger partial charge is 0.304 e. The lowest BCUT2D eigenvalue weighted by Gasteiger charge is -2.17. The van der Waals surface area contributed by atoms with E-state index in [9.17, 15) is 4.79 Å². The van der Waals surface area contributed by atoms with Gasteiger partial charge in [0, 0.05) is 18.6 Å². The summed E-state index contributed by atoms with van der Waals surface area (Å²) < 4.78 is 5.12. The van der Waals surface area contributed by atoms with Gasteiger partial charge in [-0.2, -0.15) is 0 Å². The van der Waals surface area contributed by atoms with Crippen LogP contribution in [0.25, 0.3) is 0 Å². The van der Waals surface area contributed by atoms with E-state index < -0.39 is 0 Å². The van der Waals surface area contributed by atoms with E-state index in [0.29, 0.717) is 6.04 Å². The summed E-state index contributed by atoms with van der Waals surface area (Å²) in [5.41, 5.74) is 0. The van der Waals surface area contributed by atoms with Gasteiger partial charge in [-0.05, 0) is 0 Å². The number of esters is 1. The number of rotatable bonds is 1. The third kappa shape index (κ3) is 1.44. The quantitative estimate of drug-likeness (QED) is 0.578. The summed E-state index contributed by atoms with van der Waals surface area (Å²) in [7, 11) is 0. The summed E-state index contributed by atoms with van der Waals surface area (Å²) in [4.78, 5) is 13.0. The first-order chi connectivity index (χ1) is 5.77. The lowest BCUT2D eigenvalue weighted by atomic mass is 10.3. The Morgan fingerprint density at radius 1 is 1.75 bits per heavy atom. The molecule has 1 N–H and O–H groups in total. The van der Waals surface area contributed by atoms with Crippen LogP contribution in [0.15, 0.2) is 0 Å². The molecule has 2 heterocycles. The van der Waals surface area contributed by atoms with Crippen LogP contribution in [0.2, 0.25) is 0 Å². The molecule has 0 spiro atoms. The van der Waals surface area contributed by atoms with Crippen LogP contribution in [0.4, 0.5) is 0 Å². The summed E-state index contributed by atoms with van der Waals surface area (Å²) in [6.07, 6.45) is -0.0856. The third-order valence-corrected chi connectivity index (χ3v) is 3.24. The predicted molar refractivity (Wildman–Crippen MR) is 46.5 cm³/mol. The van der Waals surface area contributed by atoms with E-state index in [4.69, 9.17) is 4.74 Å². The van der Waals surface area contributed by atoms with E-state index in [0.717, 1.165) is 18.3 Å².